The average molecular weight is 1630 g/mol. The van der Waals surface area contributed by atoms with Gasteiger partial charge >= 0.3 is 23.9 Å². The molecule has 642 valence electrons. The number of aromatic nitrogens is 2. The van der Waals surface area contributed by atoms with E-state index >= 15 is 0 Å². The molecule has 0 bridgehead atoms. The number of aliphatic carboxylic acids is 4. The third kappa shape index (κ3) is 34.5. The molecule has 3 aliphatic rings. The highest BCUT2D eigenvalue weighted by atomic mass is 16.4. The maximum atomic E-state index is 14.1. The summed E-state index contributed by atoms with van der Waals surface area (Å²) in [5.74, 6) is -16.1. The number of aromatic amines is 1. The van der Waals surface area contributed by atoms with Crippen LogP contribution in [0.1, 0.15) is 76.8 Å². The number of nitrogens with zero attached hydrogens (tertiary/aromatic N) is 16. The summed E-state index contributed by atoms with van der Waals surface area (Å²) in [6, 6.07) is -1.31. The van der Waals surface area contributed by atoms with Crippen molar-refractivity contribution in [3.05, 3.63) is 18.2 Å². The van der Waals surface area contributed by atoms with Gasteiger partial charge in [-0.2, -0.15) is 0 Å². The molecule has 0 unspecified atom stereocenters. The number of carbonyl (C=O) groups excluding carboxylic acids is 15. The van der Waals surface area contributed by atoms with Gasteiger partial charge in [-0.1, -0.05) is 12.8 Å². The maximum absolute atomic E-state index is 14.1. The topological polar surface area (TPSA) is 507 Å². The first kappa shape index (κ1) is 96.7. The van der Waals surface area contributed by atoms with Crippen LogP contribution in [0, 0.1) is 17.8 Å². The number of amides is 13. The molecule has 3 fully saturated rings. The Bertz CT molecular complexity index is 3570. The van der Waals surface area contributed by atoms with Gasteiger partial charge in [0, 0.05) is 191 Å². The molecule has 1 aliphatic carbocycles. The summed E-state index contributed by atoms with van der Waals surface area (Å²) in [6.45, 7) is -2.74. The molecule has 4 rings (SSSR count). The van der Waals surface area contributed by atoms with Crippen molar-refractivity contribution in [2.24, 2.45) is 17.8 Å². The molecule has 3 heterocycles. The molecular weight excluding hydrogens is 1510 g/mol. The number of carboxylic acids is 4. The highest BCUT2D eigenvalue weighted by Crippen LogP contribution is 2.37. The first-order chi connectivity index (χ1) is 54.0. The summed E-state index contributed by atoms with van der Waals surface area (Å²) in [5, 5.41) is 43.6. The number of nitrogens with one attached hydrogen (secondary N) is 3. The van der Waals surface area contributed by atoms with Crippen molar-refractivity contribution >= 4 is 112 Å². The van der Waals surface area contributed by atoms with Crippen molar-refractivity contribution in [2.45, 2.75) is 89.6 Å². The maximum Gasteiger partial charge on any atom is 0.317 e. The van der Waals surface area contributed by atoms with Gasteiger partial charge in [-0.15, -0.1) is 0 Å². The van der Waals surface area contributed by atoms with Crippen LogP contribution in [0.2, 0.25) is 0 Å². The number of Topliss-reactive ketones (excluding diaryl/α,β-unsaturated/α-hetero) is 2. The Kier molecular flexibility index (Phi) is 40.3. The third-order valence-corrected chi connectivity index (χ3v) is 20.6. The van der Waals surface area contributed by atoms with E-state index in [4.69, 9.17) is 0 Å². The molecule has 2 saturated heterocycles. The van der Waals surface area contributed by atoms with Gasteiger partial charge < -0.3 is 89.9 Å². The summed E-state index contributed by atoms with van der Waals surface area (Å²) >= 11 is 0. The Morgan fingerprint density at radius 2 is 0.765 bits per heavy atom. The first-order valence-corrected chi connectivity index (χ1v) is 38.1. The molecule has 1 aromatic rings. The lowest BCUT2D eigenvalue weighted by molar-refractivity contribution is -0.146. The molecule has 0 radical (unpaired) electrons. The van der Waals surface area contributed by atoms with Crippen LogP contribution in [0.4, 0.5) is 0 Å². The normalized spacial score (nSPS) is 16.0. The number of ketones is 2. The molecule has 2 aliphatic heterocycles. The molecule has 13 amide bonds. The Morgan fingerprint density at radius 1 is 0.417 bits per heavy atom. The minimum Gasteiger partial charge on any atom is -0.481 e. The third-order valence-electron chi connectivity index (χ3n) is 20.6. The molecule has 4 atom stereocenters. The van der Waals surface area contributed by atoms with Gasteiger partial charge in [-0.05, 0) is 38.5 Å². The second kappa shape index (κ2) is 47.9. The van der Waals surface area contributed by atoms with Gasteiger partial charge in [0.05, 0.1) is 110 Å². The predicted molar refractivity (Wildman–Crippen MR) is 408 cm³/mol. The molecular formula is C73H117N19O23. The molecule has 1 saturated carbocycles. The lowest BCUT2D eigenvalue weighted by Crippen LogP contribution is -2.50. The van der Waals surface area contributed by atoms with Crippen molar-refractivity contribution in [3.8, 4) is 0 Å². The van der Waals surface area contributed by atoms with Crippen LogP contribution in [-0.4, -0.2) is 456 Å². The van der Waals surface area contributed by atoms with E-state index in [1.165, 1.54) is 83.0 Å². The van der Waals surface area contributed by atoms with Crippen molar-refractivity contribution in [2.75, 3.05) is 228 Å². The van der Waals surface area contributed by atoms with Gasteiger partial charge in [-0.3, -0.25) is 111 Å². The number of carboxylic acid groups (broad SMARTS) is 4. The lowest BCUT2D eigenvalue weighted by Gasteiger charge is -2.32. The number of imidazole rings is 1. The molecule has 115 heavy (non-hydrogen) atoms. The zero-order valence-corrected chi connectivity index (χ0v) is 68.0. The number of H-pyrrole nitrogens is 1. The van der Waals surface area contributed by atoms with E-state index in [1.54, 1.807) is 24.5 Å². The van der Waals surface area contributed by atoms with Gasteiger partial charge in [-0.25, -0.2) is 4.98 Å². The summed E-state index contributed by atoms with van der Waals surface area (Å²) in [7, 11) is 12.9. The Hall–Kier alpha value is -10.6. The highest BCUT2D eigenvalue weighted by Gasteiger charge is 2.41. The average Bonchev–Trinajstić information content (AvgIpc) is 1.72. The van der Waals surface area contributed by atoms with Crippen LogP contribution in [0.3, 0.4) is 0 Å². The van der Waals surface area contributed by atoms with Crippen LogP contribution in [0.5, 0.6) is 0 Å². The van der Waals surface area contributed by atoms with Crippen LogP contribution >= 0.6 is 0 Å². The monoisotopic (exact) mass is 1630 g/mol. The first-order valence-electron chi connectivity index (χ1n) is 38.1. The fraction of sp³-hybridized carbons (Fsp3) is 0.699. The smallest absolute Gasteiger partial charge is 0.317 e. The Morgan fingerprint density at radius 3 is 1.09 bits per heavy atom. The number of hydrogen-bond acceptors (Lipinski definition) is 24. The fourth-order valence-corrected chi connectivity index (χ4v) is 13.2. The van der Waals surface area contributed by atoms with Gasteiger partial charge in [0.2, 0.25) is 76.8 Å². The number of hydrogen-bond donors (Lipinski definition) is 7. The standard InChI is InChI=1S/C73H117N19O23/c1-49-15-14-20-92(49)73(115)53(50-16-12-13-17-50)32-55(93)51(30-69(107)108)29-56(94)54(31-52-33-74-48-76-52)77-58(96)34-78(2)60(98)37-80(4)62(100)39-82(6)64(102)41-84(8)66(104)43-86(10)68(106)44-87(11)67(105)42-85(9)65(103)40-83(7)63(101)38-81(5)61(99)36-79(3)59(97)18-19-75-57(95)35-88-21-23-89(45-70(109)110)25-27-91(47-72(113)114)28-26-90(24-22-88)46-71(111)112/h33,48-51,53-54H,12-32,34-47H2,1-11H3,(H,74,76)(H,75,95)(H,77,96)(H,107,108)(H,109,110)(H,111,112)(H,113,114)/t49-,51-,53+,54+/m0/s1. The number of likely N-dealkylation sites (N-methyl/N-ethyl adjacent to an activating group) is 10. The molecule has 0 spiro atoms. The van der Waals surface area contributed by atoms with E-state index in [-0.39, 0.29) is 122 Å². The largest absolute Gasteiger partial charge is 0.481 e. The van der Waals surface area contributed by atoms with Crippen LogP contribution < -0.4 is 10.6 Å². The minimum atomic E-state index is -1.33. The van der Waals surface area contributed by atoms with E-state index in [2.05, 4.69) is 20.6 Å². The van der Waals surface area contributed by atoms with Crippen LogP contribution in [0.25, 0.3) is 0 Å². The number of likely N-dealkylation sites (tertiary alicyclic amines) is 1. The Labute approximate surface area is 668 Å². The zero-order chi connectivity index (χ0) is 86.1. The van der Waals surface area contributed by atoms with Gasteiger partial charge in [0.25, 0.3) is 0 Å². The van der Waals surface area contributed by atoms with E-state index in [1.807, 2.05) is 6.92 Å². The van der Waals surface area contributed by atoms with E-state index in [0.717, 1.165) is 87.5 Å². The summed E-state index contributed by atoms with van der Waals surface area (Å²) in [6.07, 6.45) is 5.90. The van der Waals surface area contributed by atoms with Crippen LogP contribution in [0.15, 0.2) is 12.5 Å². The van der Waals surface area contributed by atoms with Crippen molar-refractivity contribution in [1.82, 2.24) is 94.1 Å². The summed E-state index contributed by atoms with van der Waals surface area (Å²) in [5.41, 5.74) is 0.421. The summed E-state index contributed by atoms with van der Waals surface area (Å²) < 4.78 is 0. The second-order valence-electron chi connectivity index (χ2n) is 30.1. The van der Waals surface area contributed by atoms with E-state index in [0.29, 0.717) is 12.2 Å². The van der Waals surface area contributed by atoms with Crippen molar-refractivity contribution in [3.63, 3.8) is 0 Å². The molecule has 42 nitrogen and oxygen atoms in total. The van der Waals surface area contributed by atoms with Crippen molar-refractivity contribution < 1.29 is 112 Å². The zero-order valence-electron chi connectivity index (χ0n) is 68.0. The highest BCUT2D eigenvalue weighted by molar-refractivity contribution is 5.98. The lowest BCUT2D eigenvalue weighted by atomic mass is 9.80. The van der Waals surface area contributed by atoms with Gasteiger partial charge in [0.15, 0.2) is 5.78 Å². The number of rotatable bonds is 44. The van der Waals surface area contributed by atoms with Crippen LogP contribution in [-0.2, 0) is 97.5 Å². The van der Waals surface area contributed by atoms with Crippen molar-refractivity contribution in [1.29, 1.82) is 0 Å². The fourth-order valence-electron chi connectivity index (χ4n) is 13.2. The molecule has 0 aromatic carbocycles. The minimum absolute atomic E-state index is 0.000958. The molecule has 1 aromatic heterocycles. The van der Waals surface area contributed by atoms with E-state index < -0.39 is 202 Å². The second-order valence-corrected chi connectivity index (χ2v) is 30.1. The summed E-state index contributed by atoms with van der Waals surface area (Å²) in [4.78, 5) is 273. The molecule has 7 N–H and O–H groups in total. The predicted octanol–water partition coefficient (Wildman–Crippen LogP) is -6.17. The molecule has 42 heteroatoms. The number of carbonyl (C=O) groups is 19. The quantitative estimate of drug-likeness (QED) is 0.0320. The Balaban J connectivity index is 1.16. The van der Waals surface area contributed by atoms with E-state index in [9.17, 15) is 112 Å². The SMILES string of the molecule is C[C@H]1CCCN1C(=O)[C@H](CC(=O)[C@H](CC(=O)O)CC(=O)[C@@H](Cc1cnc[nH]1)NC(=O)CN(C)C(=O)CN(C)C(=O)CN(C)C(=O)CN(C)C(=O)CN(C)C(=O)CN(C)C(=O)CN(C)C(=O)CN(C)C(=O)CN(C)C(=O)CN(C)C(=O)CCNC(=O)CN1CCN(CC(=O)O)CCN(CC(=O)O)CCN(CC(=O)O)CC1)C1CCCC1. The van der Waals surface area contributed by atoms with Gasteiger partial charge in [0.1, 0.15) is 5.78 Å².